The number of anilines is 1. The molecule has 0 bridgehead atoms. The van der Waals surface area contributed by atoms with E-state index >= 15 is 0 Å². The summed E-state index contributed by atoms with van der Waals surface area (Å²) in [6.07, 6.45) is 3.22. The van der Waals surface area contributed by atoms with Crippen molar-refractivity contribution in [1.82, 2.24) is 25.1 Å². The summed E-state index contributed by atoms with van der Waals surface area (Å²) in [5, 5.41) is 16.1. The molecule has 0 saturated heterocycles. The summed E-state index contributed by atoms with van der Waals surface area (Å²) < 4.78 is 2.12. The molecule has 1 aliphatic rings. The number of hydrogen-bond acceptors (Lipinski definition) is 5. The summed E-state index contributed by atoms with van der Waals surface area (Å²) in [6, 6.07) is 9.48. The van der Waals surface area contributed by atoms with Gasteiger partial charge in [-0.25, -0.2) is 9.78 Å². The number of amides is 2. The van der Waals surface area contributed by atoms with Crippen LogP contribution in [-0.2, 0) is 13.0 Å². The number of carbonyl (C=O) groups is 1. The Morgan fingerprint density at radius 1 is 1.22 bits per heavy atom. The van der Waals surface area contributed by atoms with Crippen molar-refractivity contribution < 1.29 is 4.79 Å². The van der Waals surface area contributed by atoms with E-state index in [-0.39, 0.29) is 12.1 Å². The standard InChI is InChI=1S/C19H22N6OS/c1-12(16-24-23-15-10-6-7-11-25(15)16)21-19(26)22-17-13(2)20-18(27-17)14-8-4-3-5-9-14/h3-5,8-9,12H,6-7,10-11H2,1-2H3,(H2,21,22,26)/t12-/m1/s1. The molecule has 27 heavy (non-hydrogen) atoms. The zero-order valence-electron chi connectivity index (χ0n) is 15.4. The van der Waals surface area contributed by atoms with Gasteiger partial charge in [0, 0.05) is 18.5 Å². The van der Waals surface area contributed by atoms with E-state index in [1.807, 2.05) is 44.2 Å². The molecule has 1 aromatic carbocycles. The number of aromatic nitrogens is 4. The quantitative estimate of drug-likeness (QED) is 0.716. The maximum absolute atomic E-state index is 12.5. The molecule has 2 aromatic heterocycles. The van der Waals surface area contributed by atoms with Crippen LogP contribution in [-0.4, -0.2) is 25.8 Å². The van der Waals surface area contributed by atoms with Gasteiger partial charge < -0.3 is 9.88 Å². The van der Waals surface area contributed by atoms with Crippen LogP contribution in [0.5, 0.6) is 0 Å². The van der Waals surface area contributed by atoms with Crippen molar-refractivity contribution in [2.75, 3.05) is 5.32 Å². The summed E-state index contributed by atoms with van der Waals surface area (Å²) in [6.45, 7) is 4.75. The molecule has 8 heteroatoms. The van der Waals surface area contributed by atoms with E-state index in [1.165, 1.54) is 11.3 Å². The van der Waals surface area contributed by atoms with E-state index in [4.69, 9.17) is 0 Å². The second-order valence-electron chi connectivity index (χ2n) is 6.70. The molecule has 0 spiro atoms. The van der Waals surface area contributed by atoms with Gasteiger partial charge in [-0.05, 0) is 26.7 Å². The Hall–Kier alpha value is -2.74. The first-order chi connectivity index (χ1) is 13.1. The number of urea groups is 1. The maximum atomic E-state index is 12.5. The van der Waals surface area contributed by atoms with Gasteiger partial charge in [-0.15, -0.1) is 10.2 Å². The molecular formula is C19H22N6OS. The molecule has 7 nitrogen and oxygen atoms in total. The van der Waals surface area contributed by atoms with Gasteiger partial charge in [0.15, 0.2) is 5.82 Å². The summed E-state index contributed by atoms with van der Waals surface area (Å²) in [7, 11) is 0. The third kappa shape index (κ3) is 3.71. The van der Waals surface area contributed by atoms with Crippen LogP contribution >= 0.6 is 11.3 Å². The van der Waals surface area contributed by atoms with Crippen molar-refractivity contribution in [2.45, 2.75) is 45.7 Å². The van der Waals surface area contributed by atoms with Crippen LogP contribution in [0.2, 0.25) is 0 Å². The molecular weight excluding hydrogens is 360 g/mol. The van der Waals surface area contributed by atoms with Crippen LogP contribution in [0.3, 0.4) is 0 Å². The molecule has 3 heterocycles. The minimum absolute atomic E-state index is 0.217. The zero-order chi connectivity index (χ0) is 18.8. The highest BCUT2D eigenvalue weighted by Gasteiger charge is 2.22. The van der Waals surface area contributed by atoms with E-state index in [1.54, 1.807) is 0 Å². The second-order valence-corrected chi connectivity index (χ2v) is 7.70. The van der Waals surface area contributed by atoms with Crippen LogP contribution in [0.1, 0.15) is 43.1 Å². The lowest BCUT2D eigenvalue weighted by molar-refractivity contribution is 0.248. The lowest BCUT2D eigenvalue weighted by Crippen LogP contribution is -2.33. The van der Waals surface area contributed by atoms with Crippen LogP contribution in [0.4, 0.5) is 9.80 Å². The Kier molecular flexibility index (Phi) is 4.89. The van der Waals surface area contributed by atoms with Gasteiger partial charge in [-0.2, -0.15) is 0 Å². The Morgan fingerprint density at radius 2 is 2.04 bits per heavy atom. The fourth-order valence-electron chi connectivity index (χ4n) is 3.27. The van der Waals surface area contributed by atoms with Gasteiger partial charge >= 0.3 is 6.03 Å². The first kappa shape index (κ1) is 17.7. The molecule has 1 aliphatic heterocycles. The maximum Gasteiger partial charge on any atom is 0.320 e. The van der Waals surface area contributed by atoms with E-state index < -0.39 is 0 Å². The number of benzene rings is 1. The highest BCUT2D eigenvalue weighted by atomic mass is 32.1. The Balaban J connectivity index is 1.44. The summed E-state index contributed by atoms with van der Waals surface area (Å²) in [4.78, 5) is 17.1. The number of rotatable bonds is 4. The number of fused-ring (bicyclic) bond motifs is 1. The lowest BCUT2D eigenvalue weighted by Gasteiger charge is -2.18. The highest BCUT2D eigenvalue weighted by molar-refractivity contribution is 7.19. The van der Waals surface area contributed by atoms with Gasteiger partial charge in [0.1, 0.15) is 15.8 Å². The van der Waals surface area contributed by atoms with Crippen molar-refractivity contribution in [3.05, 3.63) is 47.7 Å². The molecule has 0 saturated carbocycles. The molecule has 2 amide bonds. The monoisotopic (exact) mass is 382 g/mol. The lowest BCUT2D eigenvalue weighted by atomic mass is 10.1. The molecule has 0 aliphatic carbocycles. The fraction of sp³-hybridized carbons (Fsp3) is 0.368. The summed E-state index contributed by atoms with van der Waals surface area (Å²) >= 11 is 1.47. The van der Waals surface area contributed by atoms with Crippen molar-refractivity contribution in [1.29, 1.82) is 0 Å². The Morgan fingerprint density at radius 3 is 2.85 bits per heavy atom. The number of thiazole rings is 1. The molecule has 0 radical (unpaired) electrons. The van der Waals surface area contributed by atoms with Crippen molar-refractivity contribution in [2.24, 2.45) is 0 Å². The van der Waals surface area contributed by atoms with Gasteiger partial charge in [0.25, 0.3) is 0 Å². The molecule has 1 atom stereocenters. The van der Waals surface area contributed by atoms with Gasteiger partial charge in [-0.3, -0.25) is 5.32 Å². The second kappa shape index (κ2) is 7.48. The SMILES string of the molecule is Cc1nc(-c2ccccc2)sc1NC(=O)N[C@H](C)c1nnc2n1CCCC2. The molecule has 0 fully saturated rings. The van der Waals surface area contributed by atoms with Crippen molar-refractivity contribution >= 4 is 22.4 Å². The first-order valence-electron chi connectivity index (χ1n) is 9.14. The number of nitrogens with one attached hydrogen (secondary N) is 2. The van der Waals surface area contributed by atoms with Gasteiger partial charge in [0.05, 0.1) is 11.7 Å². The van der Waals surface area contributed by atoms with E-state index in [0.29, 0.717) is 0 Å². The summed E-state index contributed by atoms with van der Waals surface area (Å²) in [5.41, 5.74) is 1.85. The molecule has 0 unspecified atom stereocenters. The third-order valence-corrected chi connectivity index (χ3v) is 5.79. The number of aryl methyl sites for hydroxylation is 2. The van der Waals surface area contributed by atoms with E-state index in [2.05, 4.69) is 30.4 Å². The molecule has 140 valence electrons. The van der Waals surface area contributed by atoms with E-state index in [9.17, 15) is 4.79 Å². The zero-order valence-corrected chi connectivity index (χ0v) is 16.2. The number of nitrogens with zero attached hydrogens (tertiary/aromatic N) is 4. The van der Waals surface area contributed by atoms with Crippen LogP contribution in [0.25, 0.3) is 10.6 Å². The normalized spacial score (nSPS) is 14.4. The highest BCUT2D eigenvalue weighted by Crippen LogP contribution is 2.31. The minimum atomic E-state index is -0.262. The van der Waals surface area contributed by atoms with Crippen LogP contribution in [0, 0.1) is 6.92 Å². The van der Waals surface area contributed by atoms with Gasteiger partial charge in [0.2, 0.25) is 0 Å². The first-order valence-corrected chi connectivity index (χ1v) is 9.96. The predicted molar refractivity (Wildman–Crippen MR) is 106 cm³/mol. The Bertz CT molecular complexity index is 949. The van der Waals surface area contributed by atoms with Crippen LogP contribution < -0.4 is 10.6 Å². The molecule has 2 N–H and O–H groups in total. The predicted octanol–water partition coefficient (Wildman–Crippen LogP) is 3.93. The van der Waals surface area contributed by atoms with E-state index in [0.717, 1.165) is 58.7 Å². The van der Waals surface area contributed by atoms with Crippen molar-refractivity contribution in [3.8, 4) is 10.6 Å². The van der Waals surface area contributed by atoms with Crippen LogP contribution in [0.15, 0.2) is 30.3 Å². The van der Waals surface area contributed by atoms with Crippen molar-refractivity contribution in [3.63, 3.8) is 0 Å². The summed E-state index contributed by atoms with van der Waals surface area (Å²) in [5.74, 6) is 1.82. The number of hydrogen-bond donors (Lipinski definition) is 2. The fourth-order valence-corrected chi connectivity index (χ4v) is 4.24. The third-order valence-electron chi connectivity index (χ3n) is 4.67. The Labute approximate surface area is 161 Å². The molecule has 4 rings (SSSR count). The average molecular weight is 382 g/mol. The number of carbonyl (C=O) groups excluding carboxylic acids is 1. The molecule has 3 aromatic rings. The topological polar surface area (TPSA) is 84.7 Å². The smallest absolute Gasteiger partial charge is 0.320 e. The van der Waals surface area contributed by atoms with Gasteiger partial charge in [-0.1, -0.05) is 41.7 Å². The minimum Gasteiger partial charge on any atom is -0.328 e. The average Bonchev–Trinajstić information content (AvgIpc) is 3.26. The largest absolute Gasteiger partial charge is 0.328 e.